The van der Waals surface area contributed by atoms with Crippen LogP contribution in [0.5, 0.6) is 0 Å². The summed E-state index contributed by atoms with van der Waals surface area (Å²) in [6, 6.07) is 0.640. The van der Waals surface area contributed by atoms with Crippen molar-refractivity contribution in [1.29, 1.82) is 0 Å². The molecule has 1 nitrogen and oxygen atoms in total. The van der Waals surface area contributed by atoms with Crippen molar-refractivity contribution in [3.63, 3.8) is 0 Å². The van der Waals surface area contributed by atoms with E-state index >= 15 is 0 Å². The number of hydrogen-bond acceptors (Lipinski definition) is 1. The molecule has 0 heterocycles. The quantitative estimate of drug-likeness (QED) is 0.443. The van der Waals surface area contributed by atoms with Crippen LogP contribution < -0.4 is 0 Å². The molecule has 0 aliphatic carbocycles. The van der Waals surface area contributed by atoms with E-state index in [0.717, 1.165) is 12.1 Å². The van der Waals surface area contributed by atoms with Crippen LogP contribution in [0, 0.1) is 0 Å². The number of unbranched alkanes of at least 4 members (excludes halogenated alkanes) is 1. The van der Waals surface area contributed by atoms with E-state index in [9.17, 15) is 0 Å². The van der Waals surface area contributed by atoms with Crippen molar-refractivity contribution < 1.29 is 0 Å². The van der Waals surface area contributed by atoms with Crippen LogP contribution in [0.15, 0.2) is 12.2 Å². The molecule has 0 saturated carbocycles. The Morgan fingerprint density at radius 3 is 2.50 bits per heavy atom. The molecule has 0 aliphatic rings. The Kier molecular flexibility index (Phi) is 8.30. The molecule has 2 heteroatoms. The topological polar surface area (TPSA) is 3.24 Å². The van der Waals surface area contributed by atoms with E-state index in [-0.39, 0.29) is 0 Å². The van der Waals surface area contributed by atoms with Gasteiger partial charge in [-0.2, -0.15) is 0 Å². The van der Waals surface area contributed by atoms with Gasteiger partial charge in [0.1, 0.15) is 0 Å². The summed E-state index contributed by atoms with van der Waals surface area (Å²) in [6.07, 6.45) is 3.71. The minimum absolute atomic E-state index is 0.582. The summed E-state index contributed by atoms with van der Waals surface area (Å²) in [6.45, 7) is 12.8. The van der Waals surface area contributed by atoms with E-state index in [1.807, 2.05) is 0 Å². The summed E-state index contributed by atoms with van der Waals surface area (Å²) < 4.78 is 0. The highest BCUT2D eigenvalue weighted by Crippen LogP contribution is 2.09. The van der Waals surface area contributed by atoms with Crippen LogP contribution in [0.1, 0.15) is 40.0 Å². The molecular formula is C12H24ClN. The molecule has 0 bridgehead atoms. The van der Waals surface area contributed by atoms with Crippen molar-refractivity contribution in [3.05, 3.63) is 12.2 Å². The Labute approximate surface area is 94.1 Å². The second-order valence-corrected chi connectivity index (χ2v) is 4.23. The van der Waals surface area contributed by atoms with Gasteiger partial charge in [0.2, 0.25) is 0 Å². The van der Waals surface area contributed by atoms with Crippen molar-refractivity contribution in [3.8, 4) is 0 Å². The minimum Gasteiger partial charge on any atom is -0.297 e. The van der Waals surface area contributed by atoms with Gasteiger partial charge in [0.25, 0.3) is 0 Å². The lowest BCUT2D eigenvalue weighted by Crippen LogP contribution is -2.35. The third kappa shape index (κ3) is 5.66. The van der Waals surface area contributed by atoms with Crippen molar-refractivity contribution >= 4 is 11.6 Å². The van der Waals surface area contributed by atoms with Gasteiger partial charge >= 0.3 is 0 Å². The highest BCUT2D eigenvalue weighted by Gasteiger charge is 2.11. The summed E-state index contributed by atoms with van der Waals surface area (Å²) >= 11 is 5.75. The van der Waals surface area contributed by atoms with Crippen molar-refractivity contribution in [2.45, 2.75) is 46.1 Å². The second kappa shape index (κ2) is 8.31. The maximum Gasteiger partial charge on any atom is 0.0443 e. The molecule has 1 atom stereocenters. The highest BCUT2D eigenvalue weighted by atomic mass is 35.5. The van der Waals surface area contributed by atoms with Gasteiger partial charge in [0, 0.05) is 18.5 Å². The molecule has 0 radical (unpaired) electrons. The average molecular weight is 218 g/mol. The summed E-state index contributed by atoms with van der Waals surface area (Å²) in [5, 5.41) is 0. The normalized spacial score (nSPS) is 13.2. The molecule has 0 aromatic heterocycles. The maximum absolute atomic E-state index is 5.75. The van der Waals surface area contributed by atoms with Gasteiger partial charge in [0.05, 0.1) is 0 Å². The predicted molar refractivity (Wildman–Crippen MR) is 66.1 cm³/mol. The summed E-state index contributed by atoms with van der Waals surface area (Å²) in [7, 11) is 0. The average Bonchev–Trinajstić information content (AvgIpc) is 2.22. The fourth-order valence-corrected chi connectivity index (χ4v) is 1.49. The molecule has 14 heavy (non-hydrogen) atoms. The lowest BCUT2D eigenvalue weighted by Gasteiger charge is -2.28. The van der Waals surface area contributed by atoms with E-state index in [1.54, 1.807) is 0 Å². The van der Waals surface area contributed by atoms with Crippen LogP contribution in [0.25, 0.3) is 0 Å². The maximum atomic E-state index is 5.75. The second-order valence-electron chi connectivity index (χ2n) is 3.96. The van der Waals surface area contributed by atoms with Gasteiger partial charge in [-0.3, -0.25) is 4.90 Å². The molecule has 0 fully saturated rings. The molecule has 0 aliphatic heterocycles. The zero-order valence-electron chi connectivity index (χ0n) is 9.85. The Morgan fingerprint density at radius 2 is 2.07 bits per heavy atom. The first-order valence-electron chi connectivity index (χ1n) is 5.62. The minimum atomic E-state index is 0.582. The largest absolute Gasteiger partial charge is 0.297 e. The highest BCUT2D eigenvalue weighted by molar-refractivity contribution is 6.19. The molecule has 0 amide bonds. The van der Waals surface area contributed by atoms with Gasteiger partial charge in [-0.05, 0) is 31.9 Å². The number of alkyl halides is 1. The van der Waals surface area contributed by atoms with E-state index in [2.05, 4.69) is 32.3 Å². The van der Waals surface area contributed by atoms with Crippen molar-refractivity contribution in [2.75, 3.05) is 19.0 Å². The third-order valence-corrected chi connectivity index (χ3v) is 3.01. The zero-order chi connectivity index (χ0) is 11.0. The molecule has 0 rings (SSSR count). The summed E-state index contributed by atoms with van der Waals surface area (Å²) in [5.41, 5.74) is 1.13. The van der Waals surface area contributed by atoms with Gasteiger partial charge in [-0.1, -0.05) is 26.8 Å². The Balaban J connectivity index is 4.02. The lowest BCUT2D eigenvalue weighted by molar-refractivity contribution is 0.218. The van der Waals surface area contributed by atoms with E-state index in [0.29, 0.717) is 11.9 Å². The van der Waals surface area contributed by atoms with Crippen LogP contribution in [0.4, 0.5) is 0 Å². The van der Waals surface area contributed by atoms with Gasteiger partial charge in [-0.25, -0.2) is 0 Å². The molecule has 0 saturated heterocycles. The monoisotopic (exact) mass is 217 g/mol. The SMILES string of the molecule is C=C(CCl)CN(CCCC)C(C)CC. The fourth-order valence-electron chi connectivity index (χ4n) is 1.40. The van der Waals surface area contributed by atoms with Crippen molar-refractivity contribution in [2.24, 2.45) is 0 Å². The van der Waals surface area contributed by atoms with E-state index in [4.69, 9.17) is 11.6 Å². The van der Waals surface area contributed by atoms with Gasteiger partial charge in [0.15, 0.2) is 0 Å². The van der Waals surface area contributed by atoms with Crippen LogP contribution in [-0.4, -0.2) is 29.9 Å². The molecule has 0 aromatic rings. The summed E-state index contributed by atoms with van der Waals surface area (Å²) in [4.78, 5) is 2.48. The number of halogens is 1. The zero-order valence-corrected chi connectivity index (χ0v) is 10.6. The standard InChI is InChI=1S/C12H24ClN/c1-5-7-8-14(12(4)6-2)10-11(3)9-13/h12H,3,5-10H2,1-2,4H3. The Hall–Kier alpha value is -0.0100. The van der Waals surface area contributed by atoms with Crippen LogP contribution in [0.3, 0.4) is 0 Å². The van der Waals surface area contributed by atoms with Gasteiger partial charge in [-0.15, -0.1) is 11.6 Å². The summed E-state index contributed by atoms with van der Waals surface area (Å²) in [5.74, 6) is 0.582. The first-order valence-corrected chi connectivity index (χ1v) is 6.15. The Morgan fingerprint density at radius 1 is 1.43 bits per heavy atom. The molecule has 0 N–H and O–H groups in total. The van der Waals surface area contributed by atoms with Gasteiger partial charge < -0.3 is 0 Å². The smallest absolute Gasteiger partial charge is 0.0443 e. The van der Waals surface area contributed by atoms with Crippen LogP contribution in [-0.2, 0) is 0 Å². The molecule has 1 unspecified atom stereocenters. The molecule has 0 spiro atoms. The number of hydrogen-bond donors (Lipinski definition) is 0. The Bertz CT molecular complexity index is 156. The van der Waals surface area contributed by atoms with E-state index in [1.165, 1.54) is 25.8 Å². The number of nitrogens with zero attached hydrogens (tertiary/aromatic N) is 1. The first-order chi connectivity index (χ1) is 6.65. The lowest BCUT2D eigenvalue weighted by atomic mass is 10.1. The molecule has 84 valence electrons. The van der Waals surface area contributed by atoms with Crippen molar-refractivity contribution in [1.82, 2.24) is 4.90 Å². The van der Waals surface area contributed by atoms with Crippen LogP contribution in [0.2, 0.25) is 0 Å². The molecule has 0 aromatic carbocycles. The third-order valence-electron chi connectivity index (χ3n) is 2.63. The predicted octanol–water partition coefficient (Wildman–Crippen LogP) is 3.68. The molecular weight excluding hydrogens is 194 g/mol. The fraction of sp³-hybridized carbons (Fsp3) is 0.833. The van der Waals surface area contributed by atoms with Crippen LogP contribution >= 0.6 is 11.6 Å². The first kappa shape index (κ1) is 14.0. The number of rotatable bonds is 8. The van der Waals surface area contributed by atoms with E-state index < -0.39 is 0 Å².